The van der Waals surface area contributed by atoms with Crippen molar-refractivity contribution in [3.8, 4) is 5.75 Å². The van der Waals surface area contributed by atoms with Crippen LogP contribution in [0.1, 0.15) is 19.4 Å². The van der Waals surface area contributed by atoms with Gasteiger partial charge in [0.05, 0.1) is 13.5 Å². The van der Waals surface area contributed by atoms with Gasteiger partial charge in [-0.15, -0.1) is 0 Å². The van der Waals surface area contributed by atoms with Crippen LogP contribution < -0.4 is 10.1 Å². The maximum Gasteiger partial charge on any atom is 0.224 e. The molecule has 0 spiro atoms. The summed E-state index contributed by atoms with van der Waals surface area (Å²) in [6.07, 6.45) is 0.405. The number of alkyl halides is 1. The molecule has 0 unspecified atom stereocenters. The molecule has 1 aromatic rings. The Morgan fingerprint density at radius 2 is 1.94 bits per heavy atom. The Bertz CT molecular complexity index is 387. The van der Waals surface area contributed by atoms with Gasteiger partial charge in [0.2, 0.25) is 5.91 Å². The average Bonchev–Trinajstić information content (AvgIpc) is 2.37. The molecule has 100 valence electrons. The van der Waals surface area contributed by atoms with Gasteiger partial charge in [-0.3, -0.25) is 4.79 Å². The SMILES string of the molecule is COc1ccc(CC(=O)NCC(C)(C)CBr)cc1. The highest BCUT2D eigenvalue weighted by Crippen LogP contribution is 2.16. The first kappa shape index (κ1) is 15.0. The van der Waals surface area contributed by atoms with E-state index in [1.165, 1.54) is 0 Å². The predicted molar refractivity (Wildman–Crippen MR) is 77.3 cm³/mol. The van der Waals surface area contributed by atoms with E-state index in [2.05, 4.69) is 35.1 Å². The normalized spacial score (nSPS) is 11.1. The number of hydrogen-bond acceptors (Lipinski definition) is 2. The first-order chi connectivity index (χ1) is 8.46. The van der Waals surface area contributed by atoms with Gasteiger partial charge in [0.15, 0.2) is 0 Å². The zero-order chi connectivity index (χ0) is 13.6. The van der Waals surface area contributed by atoms with E-state index < -0.39 is 0 Å². The molecule has 0 aliphatic carbocycles. The molecule has 1 aromatic carbocycles. The average molecular weight is 314 g/mol. The highest BCUT2D eigenvalue weighted by molar-refractivity contribution is 9.09. The largest absolute Gasteiger partial charge is 0.497 e. The number of ether oxygens (including phenoxy) is 1. The first-order valence-corrected chi connectivity index (χ1v) is 7.04. The van der Waals surface area contributed by atoms with Gasteiger partial charge in [-0.2, -0.15) is 0 Å². The summed E-state index contributed by atoms with van der Waals surface area (Å²) in [4.78, 5) is 11.8. The molecule has 4 heteroatoms. The van der Waals surface area contributed by atoms with Crippen LogP contribution in [0.15, 0.2) is 24.3 Å². The lowest BCUT2D eigenvalue weighted by molar-refractivity contribution is -0.120. The quantitative estimate of drug-likeness (QED) is 0.820. The molecular formula is C14H20BrNO2. The summed E-state index contributed by atoms with van der Waals surface area (Å²) in [6.45, 7) is 4.89. The Hall–Kier alpha value is -1.03. The second-order valence-corrected chi connectivity index (χ2v) is 5.66. The van der Waals surface area contributed by atoms with Crippen molar-refractivity contribution in [3.63, 3.8) is 0 Å². The van der Waals surface area contributed by atoms with Crippen LogP contribution in [0.25, 0.3) is 0 Å². The summed E-state index contributed by atoms with van der Waals surface area (Å²) in [5, 5.41) is 3.81. The van der Waals surface area contributed by atoms with E-state index >= 15 is 0 Å². The summed E-state index contributed by atoms with van der Waals surface area (Å²) in [7, 11) is 1.63. The number of carbonyl (C=O) groups is 1. The van der Waals surface area contributed by atoms with Crippen LogP contribution in [-0.2, 0) is 11.2 Å². The van der Waals surface area contributed by atoms with Crippen LogP contribution >= 0.6 is 15.9 Å². The Morgan fingerprint density at radius 1 is 1.33 bits per heavy atom. The van der Waals surface area contributed by atoms with Crippen molar-refractivity contribution in [1.29, 1.82) is 0 Å². The van der Waals surface area contributed by atoms with Gasteiger partial charge >= 0.3 is 0 Å². The minimum absolute atomic E-state index is 0.0502. The van der Waals surface area contributed by atoms with Gasteiger partial charge in [-0.05, 0) is 23.1 Å². The van der Waals surface area contributed by atoms with Crippen molar-refractivity contribution in [2.45, 2.75) is 20.3 Å². The molecule has 1 rings (SSSR count). The van der Waals surface area contributed by atoms with Crippen molar-refractivity contribution in [3.05, 3.63) is 29.8 Å². The molecule has 1 N–H and O–H groups in total. The molecule has 1 amide bonds. The van der Waals surface area contributed by atoms with Crippen LogP contribution in [-0.4, -0.2) is 24.9 Å². The monoisotopic (exact) mass is 313 g/mol. The van der Waals surface area contributed by atoms with Crippen LogP contribution in [0, 0.1) is 5.41 Å². The topological polar surface area (TPSA) is 38.3 Å². The van der Waals surface area contributed by atoms with Gasteiger partial charge in [0.1, 0.15) is 5.75 Å². The fraction of sp³-hybridized carbons (Fsp3) is 0.500. The smallest absolute Gasteiger partial charge is 0.224 e. The first-order valence-electron chi connectivity index (χ1n) is 5.92. The third kappa shape index (κ3) is 5.08. The number of nitrogens with one attached hydrogen (secondary N) is 1. The number of benzene rings is 1. The minimum Gasteiger partial charge on any atom is -0.497 e. The molecule has 0 fully saturated rings. The van der Waals surface area contributed by atoms with Gasteiger partial charge in [-0.1, -0.05) is 41.9 Å². The van der Waals surface area contributed by atoms with Crippen LogP contribution in [0.4, 0.5) is 0 Å². The standard InChI is InChI=1S/C14H20BrNO2/c1-14(2,9-15)10-16-13(17)8-11-4-6-12(18-3)7-5-11/h4-7H,8-10H2,1-3H3,(H,16,17). The summed E-state index contributed by atoms with van der Waals surface area (Å²) in [6, 6.07) is 7.55. The van der Waals surface area contributed by atoms with Crippen LogP contribution in [0.5, 0.6) is 5.75 Å². The maximum atomic E-state index is 11.8. The van der Waals surface area contributed by atoms with E-state index in [-0.39, 0.29) is 11.3 Å². The molecule has 0 aliphatic heterocycles. The van der Waals surface area contributed by atoms with Gasteiger partial charge in [-0.25, -0.2) is 0 Å². The molecule has 0 radical (unpaired) electrons. The molecular weight excluding hydrogens is 294 g/mol. The van der Waals surface area contributed by atoms with Gasteiger partial charge < -0.3 is 10.1 Å². The number of methoxy groups -OCH3 is 1. The molecule has 3 nitrogen and oxygen atoms in total. The van der Waals surface area contributed by atoms with Gasteiger partial charge in [0.25, 0.3) is 0 Å². The van der Waals surface area contributed by atoms with E-state index in [0.717, 1.165) is 16.6 Å². The fourth-order valence-electron chi connectivity index (χ4n) is 1.38. The fourth-order valence-corrected chi connectivity index (χ4v) is 1.57. The highest BCUT2D eigenvalue weighted by Gasteiger charge is 2.16. The zero-order valence-corrected chi connectivity index (χ0v) is 12.7. The molecule has 0 bridgehead atoms. The molecule has 0 saturated carbocycles. The van der Waals surface area contributed by atoms with E-state index in [1.54, 1.807) is 7.11 Å². The van der Waals surface area contributed by atoms with Crippen molar-refractivity contribution in [2.24, 2.45) is 5.41 Å². The van der Waals surface area contributed by atoms with E-state index in [1.807, 2.05) is 24.3 Å². The van der Waals surface area contributed by atoms with Gasteiger partial charge in [0, 0.05) is 11.9 Å². The van der Waals surface area contributed by atoms with E-state index in [0.29, 0.717) is 13.0 Å². The van der Waals surface area contributed by atoms with Crippen molar-refractivity contribution in [1.82, 2.24) is 5.32 Å². The summed E-state index contributed by atoms with van der Waals surface area (Å²) < 4.78 is 5.08. The lowest BCUT2D eigenvalue weighted by atomic mass is 9.97. The Balaban J connectivity index is 2.44. The van der Waals surface area contributed by atoms with Crippen LogP contribution in [0.2, 0.25) is 0 Å². The number of amides is 1. The van der Waals surface area contributed by atoms with Crippen molar-refractivity contribution >= 4 is 21.8 Å². The summed E-state index contributed by atoms with van der Waals surface area (Å²) in [5.74, 6) is 0.855. The Kier molecular flexibility index (Phi) is 5.66. The number of halogens is 1. The van der Waals surface area contributed by atoms with E-state index in [9.17, 15) is 4.79 Å². The van der Waals surface area contributed by atoms with Crippen molar-refractivity contribution in [2.75, 3.05) is 19.0 Å². The second-order valence-electron chi connectivity index (χ2n) is 5.10. The molecule has 0 saturated heterocycles. The minimum atomic E-state index is 0.0502. The lowest BCUT2D eigenvalue weighted by Crippen LogP contribution is -2.35. The molecule has 0 heterocycles. The Morgan fingerprint density at radius 3 is 2.44 bits per heavy atom. The second kappa shape index (κ2) is 6.78. The molecule has 0 atom stereocenters. The maximum absolute atomic E-state index is 11.8. The van der Waals surface area contributed by atoms with Crippen molar-refractivity contribution < 1.29 is 9.53 Å². The molecule has 0 aliphatic rings. The predicted octanol–water partition coefficient (Wildman–Crippen LogP) is 2.78. The molecule has 0 aromatic heterocycles. The lowest BCUT2D eigenvalue weighted by Gasteiger charge is -2.21. The Labute approximate surface area is 117 Å². The number of hydrogen-bond donors (Lipinski definition) is 1. The number of rotatable bonds is 6. The summed E-state index contributed by atoms with van der Waals surface area (Å²) in [5.41, 5.74) is 1.07. The molecule has 18 heavy (non-hydrogen) atoms. The van der Waals surface area contributed by atoms with Crippen LogP contribution in [0.3, 0.4) is 0 Å². The third-order valence-electron chi connectivity index (χ3n) is 2.65. The summed E-state index contributed by atoms with van der Waals surface area (Å²) >= 11 is 3.44. The highest BCUT2D eigenvalue weighted by atomic mass is 79.9. The zero-order valence-electron chi connectivity index (χ0n) is 11.1. The third-order valence-corrected chi connectivity index (χ3v) is 4.17. The van der Waals surface area contributed by atoms with E-state index in [4.69, 9.17) is 4.74 Å². The number of carbonyl (C=O) groups excluding carboxylic acids is 1.